The molecule has 1 aromatic carbocycles. The number of fused-ring (bicyclic) bond motifs is 2. The smallest absolute Gasteiger partial charge is 0.322 e. The van der Waals surface area contributed by atoms with Crippen LogP contribution in [0.1, 0.15) is 51.4 Å². The number of aliphatic hydroxyl groups is 1. The van der Waals surface area contributed by atoms with E-state index in [0.29, 0.717) is 5.25 Å². The van der Waals surface area contributed by atoms with Crippen molar-refractivity contribution in [3.63, 3.8) is 0 Å². The van der Waals surface area contributed by atoms with Gasteiger partial charge in [0, 0.05) is 22.2 Å². The Kier molecular flexibility index (Phi) is 4.72. The average molecular weight is 346 g/mol. The van der Waals surface area contributed by atoms with Crippen LogP contribution in [0.3, 0.4) is 0 Å². The van der Waals surface area contributed by atoms with Gasteiger partial charge >= 0.3 is 6.03 Å². The quantitative estimate of drug-likeness (QED) is 0.861. The van der Waals surface area contributed by atoms with E-state index in [-0.39, 0.29) is 24.2 Å². The van der Waals surface area contributed by atoms with Crippen molar-refractivity contribution >= 4 is 23.5 Å². The van der Waals surface area contributed by atoms with E-state index in [1.54, 1.807) is 0 Å². The van der Waals surface area contributed by atoms with Crippen LogP contribution >= 0.6 is 11.8 Å². The fourth-order valence-corrected chi connectivity index (χ4v) is 5.85. The summed E-state index contributed by atoms with van der Waals surface area (Å²) in [5, 5.41) is 13.8. The fraction of sp³-hybridized carbons (Fsp3) is 0.632. The summed E-state index contributed by atoms with van der Waals surface area (Å²) < 4.78 is 0. The summed E-state index contributed by atoms with van der Waals surface area (Å²) in [6.07, 6.45) is 8.46. The second kappa shape index (κ2) is 6.96. The van der Waals surface area contributed by atoms with Gasteiger partial charge in [0.2, 0.25) is 0 Å². The monoisotopic (exact) mass is 346 g/mol. The number of para-hydroxylation sites is 1. The highest BCUT2D eigenvalue weighted by Gasteiger charge is 2.42. The second-order valence-corrected chi connectivity index (χ2v) is 8.71. The first-order valence-electron chi connectivity index (χ1n) is 9.24. The topological polar surface area (TPSA) is 52.6 Å². The highest BCUT2D eigenvalue weighted by atomic mass is 32.2. The maximum Gasteiger partial charge on any atom is 0.322 e. The first-order chi connectivity index (χ1) is 11.7. The zero-order valence-electron chi connectivity index (χ0n) is 14.0. The Hall–Kier alpha value is -1.20. The van der Waals surface area contributed by atoms with Crippen molar-refractivity contribution in [1.82, 2.24) is 4.90 Å². The molecule has 2 aliphatic heterocycles. The second-order valence-electron chi connectivity index (χ2n) is 7.37. The van der Waals surface area contributed by atoms with E-state index in [1.165, 1.54) is 30.6 Å². The van der Waals surface area contributed by atoms with E-state index < -0.39 is 0 Å². The molecule has 1 aromatic rings. The molecule has 0 aromatic heterocycles. The first-order valence-corrected chi connectivity index (χ1v) is 10.1. The van der Waals surface area contributed by atoms with Crippen molar-refractivity contribution in [2.45, 2.75) is 79.7 Å². The lowest BCUT2D eigenvalue weighted by atomic mass is 10.0. The van der Waals surface area contributed by atoms with E-state index in [9.17, 15) is 9.90 Å². The number of anilines is 1. The average Bonchev–Trinajstić information content (AvgIpc) is 3.16. The molecule has 130 valence electrons. The van der Waals surface area contributed by atoms with E-state index in [4.69, 9.17) is 0 Å². The van der Waals surface area contributed by atoms with E-state index >= 15 is 0 Å². The molecule has 2 unspecified atom stereocenters. The van der Waals surface area contributed by atoms with Gasteiger partial charge in [0.1, 0.15) is 0 Å². The third-order valence-corrected chi connectivity index (χ3v) is 7.08. The molecule has 5 heteroatoms. The molecular formula is C19H26N2O2S. The summed E-state index contributed by atoms with van der Waals surface area (Å²) in [7, 11) is 0. The minimum atomic E-state index is -0.239. The lowest BCUT2D eigenvalue weighted by molar-refractivity contribution is 0.0580. The Labute approximate surface area is 148 Å². The van der Waals surface area contributed by atoms with Crippen molar-refractivity contribution in [2.75, 3.05) is 5.32 Å². The number of carbonyl (C=O) groups excluding carboxylic acids is 1. The number of urea groups is 1. The van der Waals surface area contributed by atoms with E-state index in [2.05, 4.69) is 11.4 Å². The van der Waals surface area contributed by atoms with Gasteiger partial charge in [-0.2, -0.15) is 0 Å². The van der Waals surface area contributed by atoms with Gasteiger partial charge in [-0.15, -0.1) is 11.8 Å². The van der Waals surface area contributed by atoms with Gasteiger partial charge in [0.15, 0.2) is 0 Å². The summed E-state index contributed by atoms with van der Waals surface area (Å²) in [6, 6.07) is 8.58. The lowest BCUT2D eigenvalue weighted by Gasteiger charge is -2.37. The Bertz CT molecular complexity index is 589. The third-order valence-electron chi connectivity index (χ3n) is 5.67. The van der Waals surface area contributed by atoms with Gasteiger partial charge in [0.25, 0.3) is 0 Å². The third kappa shape index (κ3) is 3.29. The van der Waals surface area contributed by atoms with Gasteiger partial charge in [-0.25, -0.2) is 4.79 Å². The highest BCUT2D eigenvalue weighted by Crippen LogP contribution is 2.39. The summed E-state index contributed by atoms with van der Waals surface area (Å²) in [5.74, 6) is 0. The molecule has 4 rings (SSSR count). The van der Waals surface area contributed by atoms with E-state index in [0.717, 1.165) is 31.4 Å². The Morgan fingerprint density at radius 3 is 2.46 bits per heavy atom. The molecule has 1 saturated carbocycles. The number of aliphatic hydroxyl groups excluding tert-OH is 1. The van der Waals surface area contributed by atoms with Crippen LogP contribution in [-0.4, -0.2) is 39.5 Å². The molecule has 3 fully saturated rings. The number of hydrogen-bond acceptors (Lipinski definition) is 3. The van der Waals surface area contributed by atoms with Crippen LogP contribution in [0.25, 0.3) is 0 Å². The molecular weight excluding hydrogens is 320 g/mol. The molecule has 1 aliphatic carbocycles. The molecule has 2 heterocycles. The summed E-state index contributed by atoms with van der Waals surface area (Å²) in [6.45, 7) is 0. The Morgan fingerprint density at radius 2 is 1.75 bits per heavy atom. The number of piperidine rings is 1. The molecule has 2 N–H and O–H groups in total. The number of hydrogen-bond donors (Lipinski definition) is 2. The summed E-state index contributed by atoms with van der Waals surface area (Å²) >= 11 is 1.91. The fourth-order valence-electron chi connectivity index (χ4n) is 4.52. The van der Waals surface area contributed by atoms with Gasteiger partial charge in [-0.05, 0) is 50.7 Å². The SMILES string of the molecule is O=C(Nc1ccccc1SC1CCCC1)N1C2CCC1CC(O)C2. The van der Waals surface area contributed by atoms with Crippen LogP contribution in [0.15, 0.2) is 29.2 Å². The zero-order chi connectivity index (χ0) is 16.5. The van der Waals surface area contributed by atoms with Crippen LogP contribution in [0.2, 0.25) is 0 Å². The molecule has 2 saturated heterocycles. The van der Waals surface area contributed by atoms with Crippen LogP contribution in [-0.2, 0) is 0 Å². The van der Waals surface area contributed by atoms with Gasteiger partial charge in [-0.3, -0.25) is 0 Å². The van der Waals surface area contributed by atoms with Gasteiger partial charge < -0.3 is 15.3 Å². The molecule has 0 spiro atoms. The standard InChI is InChI=1S/C19H26N2O2S/c22-15-11-13-9-10-14(12-15)21(13)19(23)20-17-7-3-4-8-18(17)24-16-5-1-2-6-16/h3-4,7-8,13-16,22H,1-2,5-6,9-12H2,(H,20,23). The predicted octanol–water partition coefficient (Wildman–Crippen LogP) is 4.24. The van der Waals surface area contributed by atoms with E-state index in [1.807, 2.05) is 34.9 Å². The normalized spacial score (nSPS) is 29.9. The molecule has 0 radical (unpaired) electrons. The van der Waals surface area contributed by atoms with Crippen molar-refractivity contribution in [3.8, 4) is 0 Å². The summed E-state index contributed by atoms with van der Waals surface area (Å²) in [4.78, 5) is 16.0. The van der Waals surface area contributed by atoms with Gasteiger partial charge in [0.05, 0.1) is 11.8 Å². The number of amides is 2. The predicted molar refractivity (Wildman–Crippen MR) is 97.5 cm³/mol. The zero-order valence-corrected chi connectivity index (χ0v) is 14.8. The number of thioether (sulfide) groups is 1. The first kappa shape index (κ1) is 16.3. The minimum absolute atomic E-state index is 0.00821. The molecule has 3 aliphatic rings. The molecule has 4 nitrogen and oxygen atoms in total. The Balaban J connectivity index is 1.46. The number of rotatable bonds is 3. The Morgan fingerprint density at radius 1 is 1.08 bits per heavy atom. The lowest BCUT2D eigenvalue weighted by Crippen LogP contribution is -2.49. The minimum Gasteiger partial charge on any atom is -0.393 e. The van der Waals surface area contributed by atoms with Crippen molar-refractivity contribution in [3.05, 3.63) is 24.3 Å². The van der Waals surface area contributed by atoms with Crippen LogP contribution in [0.5, 0.6) is 0 Å². The van der Waals surface area contributed by atoms with Crippen molar-refractivity contribution < 1.29 is 9.90 Å². The molecule has 2 bridgehead atoms. The maximum absolute atomic E-state index is 12.8. The number of benzene rings is 1. The molecule has 2 atom stereocenters. The largest absolute Gasteiger partial charge is 0.393 e. The number of nitrogens with one attached hydrogen (secondary N) is 1. The van der Waals surface area contributed by atoms with Crippen molar-refractivity contribution in [2.24, 2.45) is 0 Å². The number of carbonyl (C=O) groups is 1. The van der Waals surface area contributed by atoms with Gasteiger partial charge in [-0.1, -0.05) is 25.0 Å². The van der Waals surface area contributed by atoms with Crippen molar-refractivity contribution in [1.29, 1.82) is 0 Å². The van der Waals surface area contributed by atoms with Crippen LogP contribution in [0.4, 0.5) is 10.5 Å². The maximum atomic E-state index is 12.8. The number of nitrogens with zero attached hydrogens (tertiary/aromatic N) is 1. The van der Waals surface area contributed by atoms with Crippen LogP contribution in [0, 0.1) is 0 Å². The summed E-state index contributed by atoms with van der Waals surface area (Å²) in [5.41, 5.74) is 0.935. The molecule has 24 heavy (non-hydrogen) atoms. The van der Waals surface area contributed by atoms with Crippen LogP contribution < -0.4 is 5.32 Å². The highest BCUT2D eigenvalue weighted by molar-refractivity contribution is 8.00. The molecule has 2 amide bonds.